The molecule has 3 nitrogen and oxygen atoms in total. The second-order valence-electron chi connectivity index (χ2n) is 3.35. The first kappa shape index (κ1) is 9.34. The zero-order chi connectivity index (χ0) is 9.80. The van der Waals surface area contributed by atoms with E-state index in [0.717, 1.165) is 37.6 Å². The van der Waals surface area contributed by atoms with Gasteiger partial charge in [0.15, 0.2) is 0 Å². The van der Waals surface area contributed by atoms with E-state index in [-0.39, 0.29) is 0 Å². The molecule has 2 rings (SSSR count). The Kier molecular flexibility index (Phi) is 2.89. The molecule has 0 saturated heterocycles. The molecule has 0 aromatic heterocycles. The predicted molar refractivity (Wildman–Crippen MR) is 56.0 cm³/mol. The number of hydrogen-bond donors (Lipinski definition) is 1. The Hall–Kier alpha value is -1.22. The average molecular weight is 193 g/mol. The lowest BCUT2D eigenvalue weighted by atomic mass is 10.1. The molecule has 0 bridgehead atoms. The molecular weight excluding hydrogens is 178 g/mol. The van der Waals surface area contributed by atoms with Gasteiger partial charge in [-0.25, -0.2) is 0 Å². The van der Waals surface area contributed by atoms with E-state index in [1.807, 2.05) is 6.07 Å². The first-order valence-corrected chi connectivity index (χ1v) is 4.88. The van der Waals surface area contributed by atoms with E-state index >= 15 is 0 Å². The van der Waals surface area contributed by atoms with Crippen molar-refractivity contribution >= 4 is 5.69 Å². The van der Waals surface area contributed by atoms with Gasteiger partial charge in [0.25, 0.3) is 0 Å². The van der Waals surface area contributed by atoms with Gasteiger partial charge in [0.05, 0.1) is 12.3 Å². The first-order valence-electron chi connectivity index (χ1n) is 4.88. The largest absolute Gasteiger partial charge is 0.490 e. The molecule has 1 N–H and O–H groups in total. The van der Waals surface area contributed by atoms with Crippen molar-refractivity contribution in [3.8, 4) is 5.75 Å². The maximum Gasteiger partial charge on any atom is 0.142 e. The van der Waals surface area contributed by atoms with Crippen LogP contribution in [0.4, 0.5) is 5.69 Å². The summed E-state index contributed by atoms with van der Waals surface area (Å²) in [6.07, 6.45) is 0.950. The smallest absolute Gasteiger partial charge is 0.142 e. The molecule has 0 saturated carbocycles. The molecule has 0 fully saturated rings. The Balaban J connectivity index is 2.12. The third-order valence-electron chi connectivity index (χ3n) is 2.31. The highest BCUT2D eigenvalue weighted by Crippen LogP contribution is 2.28. The zero-order valence-electron chi connectivity index (χ0n) is 8.38. The highest BCUT2D eigenvalue weighted by Gasteiger charge is 2.09. The van der Waals surface area contributed by atoms with Gasteiger partial charge in [0, 0.05) is 13.7 Å². The number of benzene rings is 1. The van der Waals surface area contributed by atoms with Crippen LogP contribution in [0.15, 0.2) is 18.2 Å². The molecule has 0 spiro atoms. The quantitative estimate of drug-likeness (QED) is 0.792. The third kappa shape index (κ3) is 1.99. The maximum atomic E-state index is 5.49. The van der Waals surface area contributed by atoms with Crippen molar-refractivity contribution in [1.82, 2.24) is 0 Å². The molecule has 1 aromatic rings. The molecule has 0 unspecified atom stereocenters. The summed E-state index contributed by atoms with van der Waals surface area (Å²) in [5.41, 5.74) is 2.38. The van der Waals surface area contributed by atoms with Gasteiger partial charge >= 0.3 is 0 Å². The van der Waals surface area contributed by atoms with Gasteiger partial charge in [-0.3, -0.25) is 0 Å². The molecule has 1 aliphatic rings. The molecule has 0 aliphatic carbocycles. The number of anilines is 1. The fourth-order valence-electron chi connectivity index (χ4n) is 1.56. The van der Waals surface area contributed by atoms with Gasteiger partial charge in [-0.2, -0.15) is 0 Å². The molecule has 76 valence electrons. The van der Waals surface area contributed by atoms with Crippen molar-refractivity contribution in [1.29, 1.82) is 0 Å². The maximum absolute atomic E-state index is 5.49. The van der Waals surface area contributed by atoms with Gasteiger partial charge in [-0.15, -0.1) is 0 Å². The van der Waals surface area contributed by atoms with Crippen molar-refractivity contribution in [2.24, 2.45) is 0 Å². The van der Waals surface area contributed by atoms with Crippen LogP contribution in [0.25, 0.3) is 0 Å². The van der Waals surface area contributed by atoms with E-state index in [0.29, 0.717) is 0 Å². The van der Waals surface area contributed by atoms with Crippen LogP contribution in [0.1, 0.15) is 5.56 Å². The highest BCUT2D eigenvalue weighted by atomic mass is 16.5. The summed E-state index contributed by atoms with van der Waals surface area (Å²) in [4.78, 5) is 0. The Morgan fingerprint density at radius 1 is 1.50 bits per heavy atom. The second-order valence-corrected chi connectivity index (χ2v) is 3.35. The van der Waals surface area contributed by atoms with Gasteiger partial charge < -0.3 is 14.8 Å². The number of fused-ring (bicyclic) bond motifs is 1. The summed E-state index contributed by atoms with van der Waals surface area (Å²) >= 11 is 0. The topological polar surface area (TPSA) is 30.5 Å². The molecule has 0 amide bonds. The number of hydrogen-bond acceptors (Lipinski definition) is 3. The molecule has 3 heteroatoms. The van der Waals surface area contributed by atoms with Crippen LogP contribution >= 0.6 is 0 Å². The van der Waals surface area contributed by atoms with E-state index in [2.05, 4.69) is 17.4 Å². The minimum atomic E-state index is 0.754. The molecule has 0 radical (unpaired) electrons. The SMILES string of the molecule is COCCc1ccc2c(c1)NCCO2. The van der Waals surface area contributed by atoms with Crippen LogP contribution in [0, 0.1) is 0 Å². The van der Waals surface area contributed by atoms with Crippen molar-refractivity contribution < 1.29 is 9.47 Å². The second kappa shape index (κ2) is 4.33. The molecule has 1 aromatic carbocycles. The van der Waals surface area contributed by atoms with Crippen LogP contribution in [-0.2, 0) is 11.2 Å². The van der Waals surface area contributed by atoms with Crippen LogP contribution < -0.4 is 10.1 Å². The summed E-state index contributed by atoms with van der Waals surface area (Å²) in [7, 11) is 1.72. The summed E-state index contributed by atoms with van der Waals surface area (Å²) in [6.45, 7) is 2.41. The fourth-order valence-corrected chi connectivity index (χ4v) is 1.56. The average Bonchev–Trinajstić information content (AvgIpc) is 2.26. The van der Waals surface area contributed by atoms with Gasteiger partial charge in [0.2, 0.25) is 0 Å². The molecule has 0 atom stereocenters. The Bertz CT molecular complexity index is 312. The summed E-state index contributed by atoms with van der Waals surface area (Å²) in [6, 6.07) is 6.24. The van der Waals surface area contributed by atoms with Gasteiger partial charge in [-0.1, -0.05) is 6.07 Å². The summed E-state index contributed by atoms with van der Waals surface area (Å²) < 4.78 is 10.5. The Labute approximate surface area is 84.0 Å². The summed E-state index contributed by atoms with van der Waals surface area (Å²) in [5, 5.41) is 3.31. The van der Waals surface area contributed by atoms with Crippen molar-refractivity contribution in [3.63, 3.8) is 0 Å². The minimum Gasteiger partial charge on any atom is -0.490 e. The standard InChI is InChI=1S/C11H15NO2/c1-13-6-4-9-2-3-11-10(8-9)12-5-7-14-11/h2-3,8,12H,4-7H2,1H3. The van der Waals surface area contributed by atoms with Gasteiger partial charge in [0.1, 0.15) is 12.4 Å². The van der Waals surface area contributed by atoms with E-state index in [9.17, 15) is 0 Å². The highest BCUT2D eigenvalue weighted by molar-refractivity contribution is 5.59. The lowest BCUT2D eigenvalue weighted by Gasteiger charge is -2.19. The summed E-state index contributed by atoms with van der Waals surface area (Å²) in [5.74, 6) is 0.956. The van der Waals surface area contributed by atoms with Crippen LogP contribution in [0.3, 0.4) is 0 Å². The minimum absolute atomic E-state index is 0.754. The number of nitrogens with one attached hydrogen (secondary N) is 1. The van der Waals surface area contributed by atoms with Crippen molar-refractivity contribution in [2.75, 3.05) is 32.2 Å². The predicted octanol–water partition coefficient (Wildman–Crippen LogP) is 1.68. The lowest BCUT2D eigenvalue weighted by molar-refractivity contribution is 0.202. The molecule has 1 aliphatic heterocycles. The first-order chi connectivity index (χ1) is 6.90. The van der Waals surface area contributed by atoms with E-state index in [1.165, 1.54) is 5.56 Å². The van der Waals surface area contributed by atoms with Crippen LogP contribution in [0.2, 0.25) is 0 Å². The molecular formula is C11H15NO2. The van der Waals surface area contributed by atoms with E-state index in [4.69, 9.17) is 9.47 Å². The normalized spacial score (nSPS) is 14.1. The van der Waals surface area contributed by atoms with Gasteiger partial charge in [-0.05, 0) is 24.1 Å². The molecule has 1 heterocycles. The number of ether oxygens (including phenoxy) is 2. The van der Waals surface area contributed by atoms with E-state index in [1.54, 1.807) is 7.11 Å². The Morgan fingerprint density at radius 2 is 2.43 bits per heavy atom. The zero-order valence-corrected chi connectivity index (χ0v) is 8.38. The fraction of sp³-hybridized carbons (Fsp3) is 0.455. The van der Waals surface area contributed by atoms with Crippen molar-refractivity contribution in [2.45, 2.75) is 6.42 Å². The monoisotopic (exact) mass is 193 g/mol. The molecule has 14 heavy (non-hydrogen) atoms. The van der Waals surface area contributed by atoms with Crippen molar-refractivity contribution in [3.05, 3.63) is 23.8 Å². The number of methoxy groups -OCH3 is 1. The third-order valence-corrected chi connectivity index (χ3v) is 2.31. The van der Waals surface area contributed by atoms with Crippen LogP contribution in [-0.4, -0.2) is 26.9 Å². The van der Waals surface area contributed by atoms with E-state index < -0.39 is 0 Å². The van der Waals surface area contributed by atoms with Crippen LogP contribution in [0.5, 0.6) is 5.75 Å². The Morgan fingerprint density at radius 3 is 3.29 bits per heavy atom. The lowest BCUT2D eigenvalue weighted by Crippen LogP contribution is -2.18. The number of rotatable bonds is 3.